The van der Waals surface area contributed by atoms with Gasteiger partial charge in [-0.1, -0.05) is 28.8 Å². The van der Waals surface area contributed by atoms with Gasteiger partial charge in [0.05, 0.1) is 0 Å². The largest absolute Gasteiger partial charge is 0.235 e. The van der Waals surface area contributed by atoms with E-state index in [0.29, 0.717) is 11.1 Å². The third-order valence-electron chi connectivity index (χ3n) is 3.80. The Hall–Kier alpha value is -0.990. The Balaban J connectivity index is 2.72. The number of hydrogen-bond donors (Lipinski definition) is 0. The van der Waals surface area contributed by atoms with Crippen molar-refractivity contribution in [2.24, 2.45) is 4.99 Å². The predicted octanol–water partition coefficient (Wildman–Crippen LogP) is 4.31. The average Bonchev–Trinajstić information content (AvgIpc) is 2.77. The summed E-state index contributed by atoms with van der Waals surface area (Å²) in [4.78, 5) is 14.7. The molecule has 96 valence electrons. The molecule has 1 aromatic carbocycles. The van der Waals surface area contributed by atoms with E-state index in [1.54, 1.807) is 19.1 Å². The van der Waals surface area contributed by atoms with E-state index in [-0.39, 0.29) is 5.82 Å². The minimum absolute atomic E-state index is 0.239. The van der Waals surface area contributed by atoms with E-state index in [4.69, 9.17) is 0 Å². The highest BCUT2D eigenvalue weighted by Crippen LogP contribution is 2.46. The van der Waals surface area contributed by atoms with Crippen molar-refractivity contribution in [3.05, 3.63) is 33.0 Å². The molecule has 4 heteroatoms. The van der Waals surface area contributed by atoms with E-state index in [1.807, 2.05) is 6.92 Å². The van der Waals surface area contributed by atoms with Crippen LogP contribution in [0.2, 0.25) is 0 Å². The molecule has 1 aromatic rings. The Morgan fingerprint density at radius 2 is 2.00 bits per heavy atom. The summed E-state index contributed by atoms with van der Waals surface area (Å²) in [6, 6.07) is 1.77. The van der Waals surface area contributed by atoms with Crippen LogP contribution in [0, 0.1) is 19.7 Å². The zero-order chi connectivity index (χ0) is 13.3. The second-order valence-corrected chi connectivity index (χ2v) is 5.79. The van der Waals surface area contributed by atoms with Crippen molar-refractivity contribution in [1.82, 2.24) is 0 Å². The SMILES string of the molecule is Cc1cc(Br)c(C)c(C2(N=C=O)CCCC2)c1F. The van der Waals surface area contributed by atoms with Crippen LogP contribution >= 0.6 is 15.9 Å². The number of carbonyl (C=O) groups excluding carboxylic acids is 1. The minimum Gasteiger partial charge on any atom is -0.211 e. The first kappa shape index (κ1) is 13.4. The van der Waals surface area contributed by atoms with E-state index >= 15 is 0 Å². The van der Waals surface area contributed by atoms with Gasteiger partial charge in [0.25, 0.3) is 0 Å². The molecule has 0 aliphatic heterocycles. The number of aryl methyl sites for hydroxylation is 1. The quantitative estimate of drug-likeness (QED) is 0.591. The van der Waals surface area contributed by atoms with Crippen LogP contribution in [0.4, 0.5) is 4.39 Å². The van der Waals surface area contributed by atoms with Crippen LogP contribution in [0.1, 0.15) is 42.4 Å². The summed E-state index contributed by atoms with van der Waals surface area (Å²) < 4.78 is 15.3. The second-order valence-electron chi connectivity index (χ2n) is 4.93. The molecule has 0 heterocycles. The minimum atomic E-state index is -0.704. The highest BCUT2D eigenvalue weighted by molar-refractivity contribution is 9.10. The summed E-state index contributed by atoms with van der Waals surface area (Å²) in [6.07, 6.45) is 5.01. The first-order valence-corrected chi connectivity index (χ1v) is 6.86. The molecule has 1 aliphatic rings. The number of halogens is 2. The number of benzene rings is 1. The smallest absolute Gasteiger partial charge is 0.211 e. The lowest BCUT2D eigenvalue weighted by Gasteiger charge is -2.26. The van der Waals surface area contributed by atoms with Crippen LogP contribution in [-0.4, -0.2) is 6.08 Å². The highest BCUT2D eigenvalue weighted by atomic mass is 79.9. The second kappa shape index (κ2) is 4.94. The van der Waals surface area contributed by atoms with E-state index in [2.05, 4.69) is 20.9 Å². The summed E-state index contributed by atoms with van der Waals surface area (Å²) in [5.41, 5.74) is 1.27. The predicted molar refractivity (Wildman–Crippen MR) is 71.8 cm³/mol. The average molecular weight is 312 g/mol. The van der Waals surface area contributed by atoms with Gasteiger partial charge in [-0.05, 0) is 43.9 Å². The molecule has 0 spiro atoms. The van der Waals surface area contributed by atoms with Gasteiger partial charge in [-0.15, -0.1) is 0 Å². The molecular weight excluding hydrogens is 297 g/mol. The van der Waals surface area contributed by atoms with Crippen molar-refractivity contribution >= 4 is 22.0 Å². The van der Waals surface area contributed by atoms with Crippen molar-refractivity contribution in [3.63, 3.8) is 0 Å². The molecule has 0 bridgehead atoms. The van der Waals surface area contributed by atoms with Crippen LogP contribution in [0.5, 0.6) is 0 Å². The van der Waals surface area contributed by atoms with Gasteiger partial charge in [0.1, 0.15) is 11.4 Å². The van der Waals surface area contributed by atoms with Crippen LogP contribution in [0.15, 0.2) is 15.5 Å². The summed E-state index contributed by atoms with van der Waals surface area (Å²) in [5, 5.41) is 0. The van der Waals surface area contributed by atoms with Crippen LogP contribution in [0.25, 0.3) is 0 Å². The Kier molecular flexibility index (Phi) is 3.69. The fraction of sp³-hybridized carbons (Fsp3) is 0.500. The molecule has 0 N–H and O–H groups in total. The van der Waals surface area contributed by atoms with Gasteiger partial charge in [-0.3, -0.25) is 0 Å². The highest BCUT2D eigenvalue weighted by Gasteiger charge is 2.39. The molecule has 1 fully saturated rings. The Morgan fingerprint density at radius 1 is 1.39 bits per heavy atom. The first-order valence-electron chi connectivity index (χ1n) is 6.06. The fourth-order valence-electron chi connectivity index (χ4n) is 2.86. The van der Waals surface area contributed by atoms with E-state index in [9.17, 15) is 9.18 Å². The molecule has 0 atom stereocenters. The number of isocyanates is 1. The Labute approximate surface area is 114 Å². The Bertz CT molecular complexity index is 503. The molecule has 0 unspecified atom stereocenters. The first-order chi connectivity index (χ1) is 8.52. The van der Waals surface area contributed by atoms with Gasteiger partial charge in [-0.2, -0.15) is 4.99 Å². The number of aliphatic imine (C=N–C) groups is 1. The van der Waals surface area contributed by atoms with Crippen LogP contribution < -0.4 is 0 Å². The number of rotatable bonds is 2. The van der Waals surface area contributed by atoms with Crippen molar-refractivity contribution in [2.75, 3.05) is 0 Å². The summed E-state index contributed by atoms with van der Waals surface area (Å²) in [5.74, 6) is -0.239. The maximum absolute atomic E-state index is 14.5. The van der Waals surface area contributed by atoms with Crippen molar-refractivity contribution in [1.29, 1.82) is 0 Å². The third kappa shape index (κ3) is 2.04. The zero-order valence-electron chi connectivity index (χ0n) is 10.5. The lowest BCUT2D eigenvalue weighted by atomic mass is 9.84. The van der Waals surface area contributed by atoms with Gasteiger partial charge in [0.2, 0.25) is 6.08 Å². The monoisotopic (exact) mass is 311 g/mol. The van der Waals surface area contributed by atoms with Gasteiger partial charge in [-0.25, -0.2) is 9.18 Å². The molecule has 0 aromatic heterocycles. The Morgan fingerprint density at radius 3 is 2.56 bits per heavy atom. The number of nitrogens with zero attached hydrogens (tertiary/aromatic N) is 1. The summed E-state index contributed by atoms with van der Waals surface area (Å²) in [7, 11) is 0. The van der Waals surface area contributed by atoms with Gasteiger partial charge in [0.15, 0.2) is 0 Å². The zero-order valence-corrected chi connectivity index (χ0v) is 12.1. The van der Waals surface area contributed by atoms with Gasteiger partial charge >= 0.3 is 0 Å². The van der Waals surface area contributed by atoms with Crippen LogP contribution in [0.3, 0.4) is 0 Å². The molecular formula is C14H15BrFNO. The molecule has 2 nitrogen and oxygen atoms in total. The van der Waals surface area contributed by atoms with E-state index in [1.165, 1.54) is 0 Å². The van der Waals surface area contributed by atoms with Crippen LogP contribution in [-0.2, 0) is 10.3 Å². The molecule has 2 rings (SSSR count). The van der Waals surface area contributed by atoms with Gasteiger partial charge in [0, 0.05) is 10.0 Å². The van der Waals surface area contributed by atoms with Crippen molar-refractivity contribution in [2.45, 2.75) is 45.1 Å². The maximum atomic E-state index is 14.5. The third-order valence-corrected chi connectivity index (χ3v) is 4.62. The van der Waals surface area contributed by atoms with Gasteiger partial charge < -0.3 is 0 Å². The summed E-state index contributed by atoms with van der Waals surface area (Å²) >= 11 is 3.45. The summed E-state index contributed by atoms with van der Waals surface area (Å²) in [6.45, 7) is 3.60. The number of hydrogen-bond acceptors (Lipinski definition) is 2. The maximum Gasteiger partial charge on any atom is 0.235 e. The normalized spacial score (nSPS) is 17.6. The molecule has 0 amide bonds. The van der Waals surface area contributed by atoms with E-state index in [0.717, 1.165) is 35.7 Å². The van der Waals surface area contributed by atoms with Crippen molar-refractivity contribution in [3.8, 4) is 0 Å². The lowest BCUT2D eigenvalue weighted by molar-refractivity contribution is 0.426. The molecule has 1 saturated carbocycles. The molecule has 1 aliphatic carbocycles. The van der Waals surface area contributed by atoms with E-state index < -0.39 is 5.54 Å². The molecule has 18 heavy (non-hydrogen) atoms. The topological polar surface area (TPSA) is 29.4 Å². The standard InChI is InChI=1S/C14H15BrFNO/c1-9-7-11(15)10(2)12(13(9)16)14(17-8-18)5-3-4-6-14/h7H,3-6H2,1-2H3. The lowest BCUT2D eigenvalue weighted by Crippen LogP contribution is -2.23. The van der Waals surface area contributed by atoms with Crippen molar-refractivity contribution < 1.29 is 9.18 Å². The fourth-order valence-corrected chi connectivity index (χ4v) is 3.40. The molecule has 0 radical (unpaired) electrons. The molecule has 0 saturated heterocycles.